The van der Waals surface area contributed by atoms with Crippen LogP contribution in [0.5, 0.6) is 0 Å². The minimum absolute atomic E-state index is 0.104. The fourth-order valence-electron chi connectivity index (χ4n) is 2.87. The van der Waals surface area contributed by atoms with Gasteiger partial charge in [0.1, 0.15) is 0 Å². The second-order valence-corrected chi connectivity index (χ2v) is 7.62. The maximum atomic E-state index is 12.7. The van der Waals surface area contributed by atoms with Gasteiger partial charge in [0, 0.05) is 16.4 Å². The van der Waals surface area contributed by atoms with Crippen LogP contribution in [0, 0.1) is 0 Å². The molecule has 150 valence electrons. The molecule has 3 atom stereocenters. The first-order valence-electron chi connectivity index (χ1n) is 9.59. The summed E-state index contributed by atoms with van der Waals surface area (Å²) in [6.07, 6.45) is 0.998. The summed E-state index contributed by atoms with van der Waals surface area (Å²) < 4.78 is 0. The lowest BCUT2D eigenvalue weighted by atomic mass is 9.97. The first-order valence-corrected chi connectivity index (χ1v) is 9.97. The first-order chi connectivity index (χ1) is 13.3. The van der Waals surface area contributed by atoms with E-state index >= 15 is 0 Å². The normalized spacial score (nSPS) is 14.0. The van der Waals surface area contributed by atoms with Crippen molar-refractivity contribution in [1.82, 2.24) is 0 Å². The van der Waals surface area contributed by atoms with Gasteiger partial charge in [-0.2, -0.15) is 0 Å². The van der Waals surface area contributed by atoms with Crippen molar-refractivity contribution in [3.63, 3.8) is 0 Å². The minimum atomic E-state index is -0.374. The van der Waals surface area contributed by atoms with E-state index in [2.05, 4.69) is 24.5 Å². The van der Waals surface area contributed by atoms with E-state index in [9.17, 15) is 9.59 Å². The van der Waals surface area contributed by atoms with Crippen LogP contribution in [0.15, 0.2) is 48.5 Å². The van der Waals surface area contributed by atoms with E-state index in [1.54, 1.807) is 24.3 Å². The van der Waals surface area contributed by atoms with Crippen LogP contribution in [-0.4, -0.2) is 31.4 Å². The average Bonchev–Trinajstić information content (AvgIpc) is 2.68. The van der Waals surface area contributed by atoms with Crippen molar-refractivity contribution in [3.8, 4) is 0 Å². The van der Waals surface area contributed by atoms with Gasteiger partial charge < -0.3 is 15.5 Å². The topological polar surface area (TPSA) is 62.6 Å². The molecule has 0 aliphatic carbocycles. The lowest BCUT2D eigenvalue weighted by Gasteiger charge is -2.22. The van der Waals surface area contributed by atoms with Crippen molar-refractivity contribution in [2.75, 3.05) is 24.2 Å². The van der Waals surface area contributed by atoms with E-state index < -0.39 is 0 Å². The number of quaternary nitrogens is 1. The summed E-state index contributed by atoms with van der Waals surface area (Å²) in [5.74, 6) is 0.106. The maximum Gasteiger partial charge on any atom is 0.282 e. The fourth-order valence-corrected chi connectivity index (χ4v) is 3.00. The Hall–Kier alpha value is -2.37. The Morgan fingerprint density at radius 2 is 1.68 bits per heavy atom. The monoisotopic (exact) mass is 402 g/mol. The minimum Gasteiger partial charge on any atom is -0.321 e. The Balaban J connectivity index is 1.95. The van der Waals surface area contributed by atoms with Crippen LogP contribution in [0.25, 0.3) is 0 Å². The number of para-hydroxylation sites is 1. The molecule has 2 rings (SSSR count). The number of anilines is 2. The predicted octanol–water partition coefficient (Wildman–Crippen LogP) is 3.33. The van der Waals surface area contributed by atoms with Gasteiger partial charge in [0.2, 0.25) is 0 Å². The summed E-state index contributed by atoms with van der Waals surface area (Å²) in [5, 5.41) is 6.47. The van der Waals surface area contributed by atoms with E-state index in [0.717, 1.165) is 22.6 Å². The summed E-state index contributed by atoms with van der Waals surface area (Å²) in [5.41, 5.74) is 2.65. The third-order valence-corrected chi connectivity index (χ3v) is 5.31. The van der Waals surface area contributed by atoms with Gasteiger partial charge in [-0.1, -0.05) is 43.6 Å². The van der Waals surface area contributed by atoms with Crippen LogP contribution >= 0.6 is 11.6 Å². The second-order valence-electron chi connectivity index (χ2n) is 7.19. The van der Waals surface area contributed by atoms with Gasteiger partial charge in [-0.25, -0.2) is 0 Å². The van der Waals surface area contributed by atoms with E-state index in [1.807, 2.05) is 38.2 Å². The molecule has 0 bridgehead atoms. The van der Waals surface area contributed by atoms with Crippen molar-refractivity contribution in [3.05, 3.63) is 59.1 Å². The van der Waals surface area contributed by atoms with Crippen LogP contribution in [0.1, 0.15) is 38.7 Å². The zero-order chi connectivity index (χ0) is 20.7. The van der Waals surface area contributed by atoms with Gasteiger partial charge in [0.05, 0.1) is 7.05 Å². The third-order valence-electron chi connectivity index (χ3n) is 5.06. The number of carbonyl (C=O) groups excluding carboxylic acids is 2. The molecule has 0 radical (unpaired) electrons. The molecule has 0 saturated heterocycles. The summed E-state index contributed by atoms with van der Waals surface area (Å²) in [7, 11) is 1.84. The number of halogens is 1. The number of hydrogen-bond acceptors (Lipinski definition) is 2. The molecule has 0 heterocycles. The van der Waals surface area contributed by atoms with Crippen LogP contribution in [0.2, 0.25) is 5.02 Å². The highest BCUT2D eigenvalue weighted by Crippen LogP contribution is 2.26. The number of rotatable bonds is 8. The highest BCUT2D eigenvalue weighted by molar-refractivity contribution is 6.30. The average molecular weight is 403 g/mol. The van der Waals surface area contributed by atoms with Crippen LogP contribution in [-0.2, 0) is 9.59 Å². The lowest BCUT2D eigenvalue weighted by molar-refractivity contribution is -0.885. The molecule has 0 aromatic heterocycles. The molecule has 0 fully saturated rings. The van der Waals surface area contributed by atoms with Crippen molar-refractivity contribution < 1.29 is 14.5 Å². The Morgan fingerprint density at radius 3 is 2.32 bits per heavy atom. The molecule has 0 saturated carbocycles. The van der Waals surface area contributed by atoms with Crippen molar-refractivity contribution in [2.24, 2.45) is 0 Å². The Kier molecular flexibility index (Phi) is 8.03. The van der Waals surface area contributed by atoms with Gasteiger partial charge >= 0.3 is 0 Å². The molecule has 1 unspecified atom stereocenters. The summed E-state index contributed by atoms with van der Waals surface area (Å²) in [6, 6.07) is 14.4. The number of carbonyl (C=O) groups is 2. The van der Waals surface area contributed by atoms with Crippen LogP contribution in [0.4, 0.5) is 11.4 Å². The number of hydrogen-bond donors (Lipinski definition) is 3. The zero-order valence-corrected chi connectivity index (χ0v) is 17.6. The number of amides is 2. The predicted molar refractivity (Wildman–Crippen MR) is 115 cm³/mol. The standard InChI is InChI=1S/C22H28ClN3O2/c1-5-15(2)19-8-6-7-9-20(19)25-22(28)16(3)26(4)14-21(27)24-18-12-10-17(23)11-13-18/h6-13,15-16H,5,14H2,1-4H3,(H,24,27)(H,25,28)/p+1/t15-,16-/m0/s1. The molecule has 2 aromatic carbocycles. The second kappa shape index (κ2) is 10.2. The zero-order valence-electron chi connectivity index (χ0n) is 16.9. The number of likely N-dealkylation sites (N-methyl/N-ethyl adjacent to an activating group) is 1. The lowest BCUT2D eigenvalue weighted by Crippen LogP contribution is -3.14. The SMILES string of the molecule is CC[C@H](C)c1ccccc1NC(=O)[C@H](C)[NH+](C)CC(=O)Nc1ccc(Cl)cc1. The quantitative estimate of drug-likeness (QED) is 0.634. The molecule has 0 spiro atoms. The summed E-state index contributed by atoms with van der Waals surface area (Å²) >= 11 is 5.85. The highest BCUT2D eigenvalue weighted by atomic mass is 35.5. The van der Waals surface area contributed by atoms with Crippen molar-refractivity contribution in [1.29, 1.82) is 0 Å². The maximum absolute atomic E-state index is 12.7. The van der Waals surface area contributed by atoms with Crippen molar-refractivity contribution >= 4 is 34.8 Å². The van der Waals surface area contributed by atoms with Gasteiger partial charge in [-0.3, -0.25) is 9.59 Å². The van der Waals surface area contributed by atoms with Gasteiger partial charge in [0.25, 0.3) is 11.8 Å². The Morgan fingerprint density at radius 1 is 1.04 bits per heavy atom. The fraction of sp³-hybridized carbons (Fsp3) is 0.364. The van der Waals surface area contributed by atoms with Gasteiger partial charge in [0.15, 0.2) is 12.6 Å². The molecule has 2 aromatic rings. The summed E-state index contributed by atoms with van der Waals surface area (Å²) in [6.45, 7) is 6.28. The molecule has 28 heavy (non-hydrogen) atoms. The Labute approximate surface area is 172 Å². The van der Waals surface area contributed by atoms with E-state index in [4.69, 9.17) is 11.6 Å². The third kappa shape index (κ3) is 6.08. The molecular weight excluding hydrogens is 374 g/mol. The van der Waals surface area contributed by atoms with Crippen molar-refractivity contribution in [2.45, 2.75) is 39.2 Å². The van der Waals surface area contributed by atoms with Crippen LogP contribution < -0.4 is 15.5 Å². The van der Waals surface area contributed by atoms with E-state index in [1.165, 1.54) is 0 Å². The highest BCUT2D eigenvalue weighted by Gasteiger charge is 2.25. The van der Waals surface area contributed by atoms with Gasteiger partial charge in [-0.05, 0) is 55.2 Å². The molecule has 2 amide bonds. The number of benzene rings is 2. The molecule has 5 nitrogen and oxygen atoms in total. The molecular formula is C22H29ClN3O2+. The molecule has 0 aliphatic heterocycles. The smallest absolute Gasteiger partial charge is 0.282 e. The largest absolute Gasteiger partial charge is 0.321 e. The van der Waals surface area contributed by atoms with E-state index in [-0.39, 0.29) is 24.4 Å². The molecule has 0 aliphatic rings. The summed E-state index contributed by atoms with van der Waals surface area (Å²) in [4.78, 5) is 25.8. The molecule has 6 heteroatoms. The van der Waals surface area contributed by atoms with E-state index in [0.29, 0.717) is 16.6 Å². The first kappa shape index (κ1) is 21.9. The molecule has 3 N–H and O–H groups in total. The van der Waals surface area contributed by atoms with Gasteiger partial charge in [-0.15, -0.1) is 0 Å². The van der Waals surface area contributed by atoms with Crippen LogP contribution in [0.3, 0.4) is 0 Å². The Bertz CT molecular complexity index is 808. The number of nitrogens with one attached hydrogen (secondary N) is 3.